The zero-order valence-electron chi connectivity index (χ0n) is 9.04. The Balaban J connectivity index is 3.11. The lowest BCUT2D eigenvalue weighted by atomic mass is 9.83. The summed E-state index contributed by atoms with van der Waals surface area (Å²) >= 11 is 9.21. The second-order valence-electron chi connectivity index (χ2n) is 3.91. The Hall–Kier alpha value is -1.07. The van der Waals surface area contributed by atoms with Gasteiger partial charge in [0.1, 0.15) is 5.41 Å². The van der Waals surface area contributed by atoms with Crippen LogP contribution in [0.15, 0.2) is 22.7 Å². The summed E-state index contributed by atoms with van der Waals surface area (Å²) in [4.78, 5) is 22.3. The second kappa shape index (κ2) is 5.06. The molecule has 0 aliphatic rings. The van der Waals surface area contributed by atoms with Crippen molar-refractivity contribution in [1.29, 1.82) is 0 Å². The summed E-state index contributed by atoms with van der Waals surface area (Å²) in [5.41, 5.74) is 4.04. The summed E-state index contributed by atoms with van der Waals surface area (Å²) in [6, 6.07) is 5.03. The Morgan fingerprint density at radius 1 is 1.53 bits per heavy atom. The van der Waals surface area contributed by atoms with Crippen LogP contribution >= 0.6 is 27.5 Å². The first-order chi connectivity index (χ1) is 7.77. The predicted octanol–water partition coefficient (Wildman–Crippen LogP) is 2.22. The van der Waals surface area contributed by atoms with E-state index in [4.69, 9.17) is 22.4 Å². The molecule has 0 bridgehead atoms. The molecule has 1 amide bonds. The quantitative estimate of drug-likeness (QED) is 0.835. The van der Waals surface area contributed by atoms with E-state index >= 15 is 0 Å². The number of carboxylic acid groups (broad SMARTS) is 1. The van der Waals surface area contributed by atoms with Crippen molar-refractivity contribution in [3.63, 3.8) is 0 Å². The smallest absolute Gasteiger partial charge is 0.319 e. The Morgan fingerprint density at radius 2 is 2.12 bits per heavy atom. The number of aliphatic carboxylic acids is 1. The standard InChI is InChI=1S/C11H11BrClNO3/c1-11(9(14)15,10(16)17)5-6-2-3-7(12)4-8(6)13/h2-4H,5H2,1H3,(H2,14,15)(H,16,17). The number of hydrogen-bond acceptors (Lipinski definition) is 2. The first-order valence-electron chi connectivity index (χ1n) is 4.74. The summed E-state index contributed by atoms with van der Waals surface area (Å²) in [7, 11) is 0. The predicted molar refractivity (Wildman–Crippen MR) is 67.8 cm³/mol. The average molecular weight is 321 g/mol. The van der Waals surface area contributed by atoms with Gasteiger partial charge in [0, 0.05) is 9.50 Å². The van der Waals surface area contributed by atoms with Crippen molar-refractivity contribution in [2.24, 2.45) is 11.1 Å². The lowest BCUT2D eigenvalue weighted by Gasteiger charge is -2.21. The summed E-state index contributed by atoms with van der Waals surface area (Å²) in [6.07, 6.45) is -0.0379. The van der Waals surface area contributed by atoms with Gasteiger partial charge in [-0.05, 0) is 31.0 Å². The number of hydrogen-bond donors (Lipinski definition) is 2. The van der Waals surface area contributed by atoms with Crippen LogP contribution in [0.5, 0.6) is 0 Å². The number of carbonyl (C=O) groups excluding carboxylic acids is 1. The van der Waals surface area contributed by atoms with Gasteiger partial charge >= 0.3 is 5.97 Å². The summed E-state index contributed by atoms with van der Waals surface area (Å²) < 4.78 is 0.780. The van der Waals surface area contributed by atoms with Gasteiger partial charge < -0.3 is 10.8 Å². The topological polar surface area (TPSA) is 80.4 Å². The van der Waals surface area contributed by atoms with E-state index in [1.165, 1.54) is 6.92 Å². The molecule has 6 heteroatoms. The summed E-state index contributed by atoms with van der Waals surface area (Å²) in [6.45, 7) is 1.29. The number of halogens is 2. The minimum atomic E-state index is -1.66. The van der Waals surface area contributed by atoms with Crippen LogP contribution in [0.4, 0.5) is 0 Å². The highest BCUT2D eigenvalue weighted by Gasteiger charge is 2.40. The molecule has 1 aromatic carbocycles. The van der Waals surface area contributed by atoms with E-state index in [-0.39, 0.29) is 6.42 Å². The molecular weight excluding hydrogens is 309 g/mol. The van der Waals surface area contributed by atoms with Gasteiger partial charge in [0.25, 0.3) is 0 Å². The SMILES string of the molecule is CC(Cc1ccc(Br)cc1Cl)(C(N)=O)C(=O)O. The van der Waals surface area contributed by atoms with Gasteiger partial charge in [-0.15, -0.1) is 0 Å². The molecule has 1 unspecified atom stereocenters. The molecule has 0 aromatic heterocycles. The van der Waals surface area contributed by atoms with Gasteiger partial charge in [0.15, 0.2) is 0 Å². The Bertz CT molecular complexity index is 462. The Kier molecular flexibility index (Phi) is 4.16. The van der Waals surface area contributed by atoms with Crippen LogP contribution in [-0.4, -0.2) is 17.0 Å². The normalized spacial score (nSPS) is 14.1. The van der Waals surface area contributed by atoms with E-state index < -0.39 is 17.3 Å². The zero-order chi connectivity index (χ0) is 13.2. The molecule has 3 N–H and O–H groups in total. The molecule has 0 fully saturated rings. The molecule has 0 heterocycles. The lowest BCUT2D eigenvalue weighted by Crippen LogP contribution is -2.43. The first kappa shape index (κ1) is 14.0. The number of nitrogens with two attached hydrogens (primary N) is 1. The van der Waals surface area contributed by atoms with E-state index in [2.05, 4.69) is 15.9 Å². The first-order valence-corrected chi connectivity index (χ1v) is 5.91. The van der Waals surface area contributed by atoms with E-state index in [1.54, 1.807) is 18.2 Å². The maximum absolute atomic E-state index is 11.2. The van der Waals surface area contributed by atoms with Crippen LogP contribution in [0.2, 0.25) is 5.02 Å². The van der Waals surface area contributed by atoms with Gasteiger partial charge in [-0.2, -0.15) is 0 Å². The number of carbonyl (C=O) groups is 2. The maximum atomic E-state index is 11.2. The maximum Gasteiger partial charge on any atom is 0.319 e. The van der Waals surface area contributed by atoms with E-state index in [0.29, 0.717) is 10.6 Å². The molecule has 0 saturated heterocycles. The zero-order valence-corrected chi connectivity index (χ0v) is 11.4. The number of rotatable bonds is 4. The van der Waals surface area contributed by atoms with Crippen LogP contribution in [0.1, 0.15) is 12.5 Å². The van der Waals surface area contributed by atoms with Crippen LogP contribution in [0.25, 0.3) is 0 Å². The van der Waals surface area contributed by atoms with Crippen LogP contribution < -0.4 is 5.73 Å². The molecule has 0 radical (unpaired) electrons. The molecule has 0 aliphatic heterocycles. The van der Waals surface area contributed by atoms with Crippen LogP contribution in [0.3, 0.4) is 0 Å². The third kappa shape index (κ3) is 2.98. The van der Waals surface area contributed by atoms with Crippen molar-refractivity contribution in [3.8, 4) is 0 Å². The summed E-state index contributed by atoms with van der Waals surface area (Å²) in [5, 5.41) is 9.45. The highest BCUT2D eigenvalue weighted by molar-refractivity contribution is 9.10. The van der Waals surface area contributed by atoms with Crippen molar-refractivity contribution in [2.75, 3.05) is 0 Å². The molecule has 0 aliphatic carbocycles. The van der Waals surface area contributed by atoms with Crippen molar-refractivity contribution >= 4 is 39.4 Å². The molecule has 1 atom stereocenters. The molecule has 1 rings (SSSR count). The highest BCUT2D eigenvalue weighted by Crippen LogP contribution is 2.29. The van der Waals surface area contributed by atoms with Gasteiger partial charge in [0.05, 0.1) is 0 Å². The van der Waals surface area contributed by atoms with Gasteiger partial charge in [-0.1, -0.05) is 33.6 Å². The van der Waals surface area contributed by atoms with E-state index in [9.17, 15) is 9.59 Å². The molecule has 4 nitrogen and oxygen atoms in total. The molecule has 0 saturated carbocycles. The Labute approximate surface area is 112 Å². The van der Waals surface area contributed by atoms with Gasteiger partial charge in [0.2, 0.25) is 5.91 Å². The third-order valence-electron chi connectivity index (χ3n) is 2.57. The average Bonchev–Trinajstić information content (AvgIpc) is 2.21. The fourth-order valence-corrected chi connectivity index (χ4v) is 2.05. The van der Waals surface area contributed by atoms with Crippen molar-refractivity contribution in [3.05, 3.63) is 33.3 Å². The molecule has 92 valence electrons. The minimum absolute atomic E-state index is 0.0379. The number of primary amides is 1. The molecule has 1 aromatic rings. The molecular formula is C11H11BrClNO3. The third-order valence-corrected chi connectivity index (χ3v) is 3.42. The minimum Gasteiger partial charge on any atom is -0.480 e. The van der Waals surface area contributed by atoms with E-state index in [0.717, 1.165) is 4.47 Å². The summed E-state index contributed by atoms with van der Waals surface area (Å²) in [5.74, 6) is -2.15. The Morgan fingerprint density at radius 3 is 2.53 bits per heavy atom. The van der Waals surface area contributed by atoms with Gasteiger partial charge in [-0.25, -0.2) is 0 Å². The van der Waals surface area contributed by atoms with Crippen molar-refractivity contribution < 1.29 is 14.7 Å². The molecule has 0 spiro atoms. The van der Waals surface area contributed by atoms with Crippen LogP contribution in [-0.2, 0) is 16.0 Å². The number of carboxylic acids is 1. The number of benzene rings is 1. The fourth-order valence-electron chi connectivity index (χ4n) is 1.31. The van der Waals surface area contributed by atoms with E-state index in [1.807, 2.05) is 0 Å². The van der Waals surface area contributed by atoms with Crippen molar-refractivity contribution in [2.45, 2.75) is 13.3 Å². The largest absolute Gasteiger partial charge is 0.480 e. The van der Waals surface area contributed by atoms with Gasteiger partial charge in [-0.3, -0.25) is 9.59 Å². The second-order valence-corrected chi connectivity index (χ2v) is 5.24. The monoisotopic (exact) mass is 319 g/mol. The van der Waals surface area contributed by atoms with Crippen molar-refractivity contribution in [1.82, 2.24) is 0 Å². The molecule has 17 heavy (non-hydrogen) atoms. The lowest BCUT2D eigenvalue weighted by molar-refractivity contribution is -0.153. The highest BCUT2D eigenvalue weighted by atomic mass is 79.9. The number of amides is 1. The van der Waals surface area contributed by atoms with Crippen LogP contribution in [0, 0.1) is 5.41 Å². The fraction of sp³-hybridized carbons (Fsp3) is 0.273.